The Morgan fingerprint density at radius 1 is 1.29 bits per heavy atom. The van der Waals surface area contributed by atoms with Gasteiger partial charge in [-0.2, -0.15) is 13.2 Å². The molecule has 2 saturated heterocycles. The van der Waals surface area contributed by atoms with Gasteiger partial charge in [-0.3, -0.25) is 14.4 Å². The van der Waals surface area contributed by atoms with Crippen molar-refractivity contribution in [3.05, 3.63) is 0 Å². The average Bonchev–Trinajstić information content (AvgIpc) is 2.65. The quantitative estimate of drug-likeness (QED) is 0.627. The molecular formula is C13H16F3N3O5. The van der Waals surface area contributed by atoms with E-state index in [2.05, 4.69) is 10.1 Å². The normalized spacial score (nSPS) is 27.7. The number of alkyl halides is 3. The Hall–Kier alpha value is -2.33. The molecule has 2 heterocycles. The zero-order valence-electron chi connectivity index (χ0n) is 12.7. The molecule has 0 bridgehead atoms. The molecule has 2 N–H and O–H groups in total. The lowest BCUT2D eigenvalue weighted by atomic mass is 9.94. The maximum absolute atomic E-state index is 12.6. The Labute approximate surface area is 134 Å². The highest BCUT2D eigenvalue weighted by molar-refractivity contribution is 5.98. The fourth-order valence-electron chi connectivity index (χ4n) is 2.87. The zero-order chi connectivity index (χ0) is 18.1. The summed E-state index contributed by atoms with van der Waals surface area (Å²) in [6, 6.07) is -3.67. The highest BCUT2D eigenvalue weighted by atomic mass is 19.4. The number of carbonyl (C=O) groups excluding carboxylic acids is 4. The van der Waals surface area contributed by atoms with Crippen LogP contribution in [0, 0.1) is 0 Å². The van der Waals surface area contributed by atoms with Gasteiger partial charge in [0.25, 0.3) is 0 Å². The molecule has 0 unspecified atom stereocenters. The van der Waals surface area contributed by atoms with Crippen LogP contribution in [-0.2, 0) is 23.9 Å². The van der Waals surface area contributed by atoms with Crippen molar-refractivity contribution < 1.29 is 37.1 Å². The molecule has 0 aromatic heterocycles. The summed E-state index contributed by atoms with van der Waals surface area (Å²) in [4.78, 5) is 48.5. The summed E-state index contributed by atoms with van der Waals surface area (Å²) in [5, 5.41) is 3.88. The van der Waals surface area contributed by atoms with Crippen LogP contribution in [0.3, 0.4) is 0 Å². The van der Waals surface area contributed by atoms with E-state index in [1.54, 1.807) is 5.32 Å². The van der Waals surface area contributed by atoms with Crippen LogP contribution in [0.1, 0.15) is 19.3 Å². The van der Waals surface area contributed by atoms with Gasteiger partial charge in [0, 0.05) is 6.54 Å². The first-order chi connectivity index (χ1) is 11.2. The third kappa shape index (κ3) is 3.44. The van der Waals surface area contributed by atoms with E-state index < -0.39 is 54.5 Å². The number of methoxy groups -OCH3 is 1. The van der Waals surface area contributed by atoms with E-state index in [-0.39, 0.29) is 12.8 Å². The monoisotopic (exact) mass is 351 g/mol. The lowest BCUT2D eigenvalue weighted by Crippen LogP contribution is -2.60. The van der Waals surface area contributed by atoms with E-state index in [9.17, 15) is 32.3 Å². The fraction of sp³-hybridized carbons (Fsp3) is 0.692. The second kappa shape index (κ2) is 6.65. The summed E-state index contributed by atoms with van der Waals surface area (Å²) < 4.78 is 41.8. The predicted molar refractivity (Wildman–Crippen MR) is 71.3 cm³/mol. The number of fused-ring (bicyclic) bond motifs is 1. The van der Waals surface area contributed by atoms with Gasteiger partial charge in [-0.25, -0.2) is 4.79 Å². The number of ether oxygens (including phenoxy) is 1. The minimum atomic E-state index is -5.17. The van der Waals surface area contributed by atoms with Gasteiger partial charge in [-0.1, -0.05) is 0 Å². The summed E-state index contributed by atoms with van der Waals surface area (Å²) in [5.41, 5.74) is 0. The molecule has 134 valence electrons. The first-order valence-corrected chi connectivity index (χ1v) is 7.22. The number of piperidine rings is 1. The molecule has 0 spiro atoms. The van der Waals surface area contributed by atoms with Crippen molar-refractivity contribution in [2.45, 2.75) is 43.6 Å². The Morgan fingerprint density at radius 2 is 1.96 bits per heavy atom. The van der Waals surface area contributed by atoms with Crippen molar-refractivity contribution in [3.63, 3.8) is 0 Å². The van der Waals surface area contributed by atoms with Crippen LogP contribution >= 0.6 is 0 Å². The molecule has 0 saturated carbocycles. The van der Waals surface area contributed by atoms with Crippen LogP contribution in [-0.4, -0.2) is 66.5 Å². The van der Waals surface area contributed by atoms with Gasteiger partial charge in [0.15, 0.2) is 0 Å². The van der Waals surface area contributed by atoms with E-state index in [1.807, 2.05) is 0 Å². The summed E-state index contributed by atoms with van der Waals surface area (Å²) in [7, 11) is 1.11. The molecule has 2 aliphatic rings. The second-order valence-corrected chi connectivity index (χ2v) is 5.50. The second-order valence-electron chi connectivity index (χ2n) is 5.50. The number of nitrogens with zero attached hydrogens (tertiary/aromatic N) is 1. The molecule has 0 radical (unpaired) electrons. The molecule has 2 fully saturated rings. The van der Waals surface area contributed by atoms with Gasteiger partial charge >= 0.3 is 18.1 Å². The van der Waals surface area contributed by atoms with Crippen LogP contribution < -0.4 is 10.6 Å². The van der Waals surface area contributed by atoms with Crippen molar-refractivity contribution >= 4 is 23.7 Å². The Kier molecular flexibility index (Phi) is 4.99. The van der Waals surface area contributed by atoms with Crippen LogP contribution in [0.15, 0.2) is 0 Å². The molecule has 0 aromatic rings. The molecule has 0 aromatic carbocycles. The smallest absolute Gasteiger partial charge is 0.467 e. The standard InChI is InChI=1S/C13H16F3N3O5/c1-24-11(22)8-4-2-3-7-9(20)17-5-6(10(21)19(7)8)18-12(23)13(14,15)16/h6-8H,2-5H2,1H3,(H,17,20)(H,18,23)/t6-,7+,8-/m0/s1. The number of carbonyl (C=O) groups is 4. The average molecular weight is 351 g/mol. The van der Waals surface area contributed by atoms with Gasteiger partial charge < -0.3 is 20.3 Å². The first-order valence-electron chi connectivity index (χ1n) is 7.22. The van der Waals surface area contributed by atoms with Gasteiger partial charge in [0.05, 0.1) is 7.11 Å². The van der Waals surface area contributed by atoms with Gasteiger partial charge in [0.1, 0.15) is 18.1 Å². The Balaban J connectivity index is 2.28. The summed E-state index contributed by atoms with van der Waals surface area (Å²) in [6.45, 7) is -0.486. The van der Waals surface area contributed by atoms with Crippen molar-refractivity contribution in [3.8, 4) is 0 Å². The molecule has 24 heavy (non-hydrogen) atoms. The Bertz CT molecular complexity index is 566. The number of rotatable bonds is 2. The third-order valence-electron chi connectivity index (χ3n) is 4.00. The van der Waals surface area contributed by atoms with E-state index in [4.69, 9.17) is 0 Å². The molecule has 11 heteroatoms. The van der Waals surface area contributed by atoms with Crippen molar-refractivity contribution in [2.24, 2.45) is 0 Å². The van der Waals surface area contributed by atoms with Crippen LogP contribution in [0.2, 0.25) is 0 Å². The zero-order valence-corrected chi connectivity index (χ0v) is 12.7. The number of hydrogen-bond acceptors (Lipinski definition) is 5. The maximum atomic E-state index is 12.6. The van der Waals surface area contributed by atoms with E-state index in [0.29, 0.717) is 6.42 Å². The van der Waals surface area contributed by atoms with E-state index in [0.717, 1.165) is 12.0 Å². The topological polar surface area (TPSA) is 105 Å². The summed E-state index contributed by atoms with van der Waals surface area (Å²) in [5.74, 6) is -4.56. The maximum Gasteiger partial charge on any atom is 0.471 e. The van der Waals surface area contributed by atoms with Crippen molar-refractivity contribution in [1.82, 2.24) is 15.5 Å². The fourth-order valence-corrected chi connectivity index (χ4v) is 2.87. The third-order valence-corrected chi connectivity index (χ3v) is 4.00. The highest BCUT2D eigenvalue weighted by Crippen LogP contribution is 2.26. The summed E-state index contributed by atoms with van der Waals surface area (Å²) >= 11 is 0. The lowest BCUT2D eigenvalue weighted by molar-refractivity contribution is -0.175. The number of hydrogen-bond donors (Lipinski definition) is 2. The van der Waals surface area contributed by atoms with Gasteiger partial charge in [0.2, 0.25) is 11.8 Å². The van der Waals surface area contributed by atoms with Crippen molar-refractivity contribution in [2.75, 3.05) is 13.7 Å². The SMILES string of the molecule is COC(=O)[C@@H]1CCC[C@@H]2C(=O)NC[C@H](NC(=O)C(F)(F)F)C(=O)N21. The van der Waals surface area contributed by atoms with Gasteiger partial charge in [-0.15, -0.1) is 0 Å². The number of esters is 1. The molecule has 2 aliphatic heterocycles. The minimum Gasteiger partial charge on any atom is -0.467 e. The lowest BCUT2D eigenvalue weighted by Gasteiger charge is -2.39. The molecular weight excluding hydrogens is 335 g/mol. The molecule has 3 atom stereocenters. The van der Waals surface area contributed by atoms with Crippen LogP contribution in [0.5, 0.6) is 0 Å². The largest absolute Gasteiger partial charge is 0.471 e. The van der Waals surface area contributed by atoms with Crippen LogP contribution in [0.25, 0.3) is 0 Å². The molecule has 2 rings (SSSR count). The number of nitrogens with one attached hydrogen (secondary N) is 2. The summed E-state index contributed by atoms with van der Waals surface area (Å²) in [6.07, 6.45) is -4.20. The van der Waals surface area contributed by atoms with Gasteiger partial charge in [-0.05, 0) is 19.3 Å². The highest BCUT2D eigenvalue weighted by Gasteiger charge is 2.48. The van der Waals surface area contributed by atoms with Crippen LogP contribution in [0.4, 0.5) is 13.2 Å². The molecule has 8 nitrogen and oxygen atoms in total. The van der Waals surface area contributed by atoms with Crippen molar-refractivity contribution in [1.29, 1.82) is 0 Å². The number of halogens is 3. The Morgan fingerprint density at radius 3 is 2.54 bits per heavy atom. The number of amides is 3. The van der Waals surface area contributed by atoms with E-state index in [1.165, 1.54) is 0 Å². The first kappa shape index (κ1) is 18.0. The molecule has 0 aliphatic carbocycles. The predicted octanol–water partition coefficient (Wildman–Crippen LogP) is -0.914. The minimum absolute atomic E-state index is 0.224. The molecule has 3 amide bonds. The van der Waals surface area contributed by atoms with E-state index >= 15 is 0 Å².